The van der Waals surface area contributed by atoms with E-state index in [4.69, 9.17) is 17.3 Å². The molecule has 0 bridgehead atoms. The van der Waals surface area contributed by atoms with E-state index in [1.165, 1.54) is 16.7 Å². The van der Waals surface area contributed by atoms with Gasteiger partial charge in [-0.25, -0.2) is 0 Å². The van der Waals surface area contributed by atoms with Crippen LogP contribution in [0, 0.1) is 0 Å². The van der Waals surface area contributed by atoms with E-state index in [0.717, 1.165) is 5.02 Å². The minimum atomic E-state index is -0.00576. The lowest BCUT2D eigenvalue weighted by Gasteiger charge is -2.38. The molecule has 0 saturated carbocycles. The monoisotopic (exact) mass is 359 g/mol. The number of allylic oxidation sites excluding steroid dienone is 1. The average Bonchev–Trinajstić information content (AvgIpc) is 2.70. The molecule has 0 amide bonds. The van der Waals surface area contributed by atoms with Crippen LogP contribution in [0.1, 0.15) is 34.4 Å². The van der Waals surface area contributed by atoms with Crippen LogP contribution in [-0.2, 0) is 0 Å². The molecule has 26 heavy (non-hydrogen) atoms. The average molecular weight is 360 g/mol. The second kappa shape index (κ2) is 7.49. The Bertz CT molecular complexity index is 871. The normalized spacial score (nSPS) is 25.2. The summed E-state index contributed by atoms with van der Waals surface area (Å²) in [6.07, 6.45) is 4.61. The Kier molecular flexibility index (Phi) is 4.92. The number of hydrogen-bond donors (Lipinski definition) is 1. The maximum Gasteiger partial charge on any atom is 0.0406 e. The molecule has 0 aromatic heterocycles. The number of nitrogens with two attached hydrogens (primary N) is 1. The van der Waals surface area contributed by atoms with Gasteiger partial charge in [0.15, 0.2) is 0 Å². The van der Waals surface area contributed by atoms with Gasteiger partial charge in [0, 0.05) is 28.8 Å². The molecule has 2 N–H and O–H groups in total. The molecule has 2 heteroatoms. The third-order valence-electron chi connectivity index (χ3n) is 5.37. The summed E-state index contributed by atoms with van der Waals surface area (Å²) in [5, 5.41) is 0.754. The van der Waals surface area contributed by atoms with Gasteiger partial charge < -0.3 is 5.73 Å². The van der Waals surface area contributed by atoms with Crippen LogP contribution in [0.5, 0.6) is 0 Å². The first-order valence-corrected chi connectivity index (χ1v) is 9.41. The van der Waals surface area contributed by atoms with E-state index in [1.54, 1.807) is 0 Å². The molecule has 1 nitrogen and oxygen atoms in total. The van der Waals surface area contributed by atoms with Gasteiger partial charge in [-0.05, 0) is 28.8 Å². The molecule has 3 aromatic carbocycles. The Morgan fingerprint density at radius 2 is 1.08 bits per heavy atom. The number of benzene rings is 3. The summed E-state index contributed by atoms with van der Waals surface area (Å²) in [5.74, 6) is 0.661. The van der Waals surface area contributed by atoms with Crippen molar-refractivity contribution < 1.29 is 0 Å². The van der Waals surface area contributed by atoms with Crippen LogP contribution < -0.4 is 5.73 Å². The van der Waals surface area contributed by atoms with Crippen LogP contribution >= 0.6 is 11.6 Å². The number of hydrogen-bond acceptors (Lipinski definition) is 1. The SMILES string of the molecule is N[C@@H]1[C@@H](c2ccc(Cl)cc2)[C@H](c2ccccc2)C=C[C@@H]1c1ccccc1. The molecule has 0 unspecified atom stereocenters. The Labute approximate surface area is 160 Å². The summed E-state index contributed by atoms with van der Waals surface area (Å²) in [6.45, 7) is 0. The van der Waals surface area contributed by atoms with Gasteiger partial charge >= 0.3 is 0 Å². The molecule has 0 saturated heterocycles. The number of rotatable bonds is 3. The summed E-state index contributed by atoms with van der Waals surface area (Å²) in [5.41, 5.74) is 10.7. The van der Waals surface area contributed by atoms with Gasteiger partial charge in [-0.1, -0.05) is 96.5 Å². The topological polar surface area (TPSA) is 26.0 Å². The Morgan fingerprint density at radius 1 is 0.577 bits per heavy atom. The fourth-order valence-corrected chi connectivity index (χ4v) is 4.19. The molecule has 0 spiro atoms. The molecule has 3 aromatic rings. The van der Waals surface area contributed by atoms with Crippen molar-refractivity contribution in [2.24, 2.45) is 5.73 Å². The van der Waals surface area contributed by atoms with Gasteiger partial charge in [0.1, 0.15) is 0 Å². The zero-order valence-electron chi connectivity index (χ0n) is 14.5. The summed E-state index contributed by atoms with van der Waals surface area (Å²) in [6, 6.07) is 29.3. The third-order valence-corrected chi connectivity index (χ3v) is 5.62. The molecule has 1 aliphatic carbocycles. The molecule has 0 heterocycles. The lowest BCUT2D eigenvalue weighted by molar-refractivity contribution is 0.439. The highest BCUT2D eigenvalue weighted by atomic mass is 35.5. The number of halogens is 1. The van der Waals surface area contributed by atoms with Gasteiger partial charge in [0.05, 0.1) is 0 Å². The van der Waals surface area contributed by atoms with Crippen LogP contribution in [0.2, 0.25) is 5.02 Å². The van der Waals surface area contributed by atoms with E-state index >= 15 is 0 Å². The van der Waals surface area contributed by atoms with E-state index in [0.29, 0.717) is 0 Å². The van der Waals surface area contributed by atoms with Crippen molar-refractivity contribution in [3.05, 3.63) is 119 Å². The van der Waals surface area contributed by atoms with Crippen LogP contribution in [0.15, 0.2) is 97.1 Å². The van der Waals surface area contributed by atoms with E-state index in [1.807, 2.05) is 18.2 Å². The van der Waals surface area contributed by atoms with Gasteiger partial charge in [-0.3, -0.25) is 0 Å². The maximum atomic E-state index is 6.87. The largest absolute Gasteiger partial charge is 0.326 e. The van der Waals surface area contributed by atoms with Gasteiger partial charge in [-0.15, -0.1) is 0 Å². The van der Waals surface area contributed by atoms with Crippen LogP contribution in [0.3, 0.4) is 0 Å². The maximum absolute atomic E-state index is 6.87. The third kappa shape index (κ3) is 3.33. The smallest absolute Gasteiger partial charge is 0.0406 e. The Morgan fingerprint density at radius 3 is 1.65 bits per heavy atom. The van der Waals surface area contributed by atoms with E-state index in [9.17, 15) is 0 Å². The second-order valence-electron chi connectivity index (χ2n) is 6.91. The van der Waals surface area contributed by atoms with E-state index in [2.05, 4.69) is 78.9 Å². The van der Waals surface area contributed by atoms with Crippen molar-refractivity contribution in [3.63, 3.8) is 0 Å². The van der Waals surface area contributed by atoms with Crippen molar-refractivity contribution >= 4 is 11.6 Å². The van der Waals surface area contributed by atoms with Crippen LogP contribution in [-0.4, -0.2) is 6.04 Å². The Hall–Kier alpha value is -2.35. The highest BCUT2D eigenvalue weighted by molar-refractivity contribution is 6.30. The highest BCUT2D eigenvalue weighted by Gasteiger charge is 2.36. The minimum absolute atomic E-state index is 0.00576. The summed E-state index contributed by atoms with van der Waals surface area (Å²) in [4.78, 5) is 0. The fourth-order valence-electron chi connectivity index (χ4n) is 4.07. The first kappa shape index (κ1) is 17.1. The minimum Gasteiger partial charge on any atom is -0.326 e. The summed E-state index contributed by atoms with van der Waals surface area (Å²) >= 11 is 6.12. The molecular weight excluding hydrogens is 338 g/mol. The van der Waals surface area contributed by atoms with Crippen molar-refractivity contribution in [2.75, 3.05) is 0 Å². The predicted octanol–water partition coefficient (Wildman–Crippen LogP) is 5.89. The molecule has 4 atom stereocenters. The van der Waals surface area contributed by atoms with Gasteiger partial charge in [-0.2, -0.15) is 0 Å². The Balaban J connectivity index is 1.79. The molecular formula is C24H22ClN. The molecule has 130 valence electrons. The first-order chi connectivity index (χ1) is 12.7. The first-order valence-electron chi connectivity index (χ1n) is 9.03. The highest BCUT2D eigenvalue weighted by Crippen LogP contribution is 2.44. The zero-order valence-corrected chi connectivity index (χ0v) is 15.3. The summed E-state index contributed by atoms with van der Waals surface area (Å²) in [7, 11) is 0. The quantitative estimate of drug-likeness (QED) is 0.580. The molecule has 4 rings (SSSR count). The van der Waals surface area contributed by atoms with E-state index in [-0.39, 0.29) is 23.8 Å². The van der Waals surface area contributed by atoms with Crippen molar-refractivity contribution in [1.29, 1.82) is 0 Å². The lowest BCUT2D eigenvalue weighted by Crippen LogP contribution is -2.39. The standard InChI is InChI=1S/C24H22ClN/c25-20-13-11-19(12-14-20)23-21(17-7-3-1-4-8-17)15-16-22(24(23)26)18-9-5-2-6-10-18/h1-16,21-24H,26H2/t21-,22+,23-,24-/m0/s1. The molecule has 1 aliphatic rings. The fraction of sp³-hybridized carbons (Fsp3) is 0.167. The predicted molar refractivity (Wildman–Crippen MR) is 110 cm³/mol. The zero-order chi connectivity index (χ0) is 17.9. The van der Waals surface area contributed by atoms with Gasteiger partial charge in [0.25, 0.3) is 0 Å². The van der Waals surface area contributed by atoms with Crippen molar-refractivity contribution in [1.82, 2.24) is 0 Å². The van der Waals surface area contributed by atoms with Crippen LogP contribution in [0.25, 0.3) is 0 Å². The van der Waals surface area contributed by atoms with E-state index < -0.39 is 0 Å². The summed E-state index contributed by atoms with van der Waals surface area (Å²) < 4.78 is 0. The molecule has 0 fully saturated rings. The lowest BCUT2D eigenvalue weighted by atomic mass is 9.68. The van der Waals surface area contributed by atoms with Crippen LogP contribution in [0.4, 0.5) is 0 Å². The van der Waals surface area contributed by atoms with Crippen molar-refractivity contribution in [2.45, 2.75) is 23.8 Å². The molecule has 0 radical (unpaired) electrons. The van der Waals surface area contributed by atoms with Crippen molar-refractivity contribution in [3.8, 4) is 0 Å². The second-order valence-corrected chi connectivity index (χ2v) is 7.35. The molecule has 0 aliphatic heterocycles. The van der Waals surface area contributed by atoms with Gasteiger partial charge in [0.2, 0.25) is 0 Å².